The highest BCUT2D eigenvalue weighted by atomic mass is 16.5. The molecule has 2 nitrogen and oxygen atoms in total. The summed E-state index contributed by atoms with van der Waals surface area (Å²) < 4.78 is 5.21. The summed E-state index contributed by atoms with van der Waals surface area (Å²) in [6, 6.07) is 0. The van der Waals surface area contributed by atoms with Crippen molar-refractivity contribution >= 4 is 5.78 Å². The maximum atomic E-state index is 11.7. The topological polar surface area (TPSA) is 26.3 Å². The van der Waals surface area contributed by atoms with E-state index >= 15 is 0 Å². The van der Waals surface area contributed by atoms with E-state index in [4.69, 9.17) is 4.74 Å². The molecule has 0 aromatic heterocycles. The molecule has 0 aromatic carbocycles. The maximum absolute atomic E-state index is 11.7. The molecule has 0 radical (unpaired) electrons. The molecule has 0 aromatic rings. The van der Waals surface area contributed by atoms with Crippen LogP contribution in [-0.4, -0.2) is 19.0 Å². The number of hydrogen-bond acceptors (Lipinski definition) is 2. The Balaban J connectivity index is 2.33. The zero-order chi connectivity index (χ0) is 9.68. The van der Waals surface area contributed by atoms with E-state index in [2.05, 4.69) is 6.58 Å². The monoisotopic (exact) mass is 182 g/mol. The Labute approximate surface area is 80.0 Å². The first-order valence-corrected chi connectivity index (χ1v) is 5.01. The van der Waals surface area contributed by atoms with E-state index in [9.17, 15) is 4.79 Å². The van der Waals surface area contributed by atoms with Crippen LogP contribution in [-0.2, 0) is 9.53 Å². The Morgan fingerprint density at radius 1 is 1.46 bits per heavy atom. The molecule has 0 spiro atoms. The second-order valence-electron chi connectivity index (χ2n) is 3.63. The molecule has 0 amide bonds. The molecule has 0 saturated carbocycles. The summed E-state index contributed by atoms with van der Waals surface area (Å²) in [5, 5.41) is 0. The van der Waals surface area contributed by atoms with Gasteiger partial charge < -0.3 is 4.74 Å². The first kappa shape index (κ1) is 10.5. The van der Waals surface area contributed by atoms with Gasteiger partial charge in [0.2, 0.25) is 0 Å². The number of Topliss-reactive ketones (excluding diaryl/α,β-unsaturated/α-hetero) is 1. The number of rotatable bonds is 4. The van der Waals surface area contributed by atoms with E-state index in [0.717, 1.165) is 38.0 Å². The van der Waals surface area contributed by atoms with E-state index in [1.54, 1.807) is 0 Å². The Bertz CT molecular complexity index is 190. The molecule has 74 valence electrons. The van der Waals surface area contributed by atoms with E-state index in [0.29, 0.717) is 12.2 Å². The van der Waals surface area contributed by atoms with Crippen LogP contribution in [0.15, 0.2) is 12.2 Å². The van der Waals surface area contributed by atoms with Crippen molar-refractivity contribution in [1.82, 2.24) is 0 Å². The van der Waals surface area contributed by atoms with Crippen LogP contribution in [0.4, 0.5) is 0 Å². The average molecular weight is 182 g/mol. The molecule has 0 unspecified atom stereocenters. The predicted molar refractivity (Wildman–Crippen MR) is 52.6 cm³/mol. The molecule has 0 atom stereocenters. The molecule has 1 rings (SSSR count). The zero-order valence-electron chi connectivity index (χ0n) is 8.34. The van der Waals surface area contributed by atoms with Crippen LogP contribution < -0.4 is 0 Å². The smallest absolute Gasteiger partial charge is 0.140 e. The molecule has 1 heterocycles. The van der Waals surface area contributed by atoms with Gasteiger partial charge in [0.05, 0.1) is 0 Å². The van der Waals surface area contributed by atoms with E-state index in [1.165, 1.54) is 0 Å². The summed E-state index contributed by atoms with van der Waals surface area (Å²) in [4.78, 5) is 11.7. The van der Waals surface area contributed by atoms with Gasteiger partial charge in [0.25, 0.3) is 0 Å². The lowest BCUT2D eigenvalue weighted by molar-refractivity contribution is -0.125. The number of ether oxygens (including phenoxy) is 1. The standard InChI is InChI=1S/C11H18O2/c1-3-9(2)8-11(12)10-4-6-13-7-5-10/h10H,2-8H2,1H3. The van der Waals surface area contributed by atoms with Crippen molar-refractivity contribution in [2.75, 3.05) is 13.2 Å². The van der Waals surface area contributed by atoms with Crippen LogP contribution in [0.1, 0.15) is 32.6 Å². The Kier molecular flexibility index (Phi) is 4.16. The highest BCUT2D eigenvalue weighted by Crippen LogP contribution is 2.19. The van der Waals surface area contributed by atoms with Gasteiger partial charge in [0, 0.05) is 25.6 Å². The molecule has 1 saturated heterocycles. The summed E-state index contributed by atoms with van der Waals surface area (Å²) in [6.07, 6.45) is 3.28. The first-order chi connectivity index (χ1) is 6.24. The fourth-order valence-electron chi connectivity index (χ4n) is 1.54. The first-order valence-electron chi connectivity index (χ1n) is 5.01. The lowest BCUT2D eigenvalue weighted by atomic mass is 9.91. The third kappa shape index (κ3) is 3.31. The molecule has 0 aliphatic carbocycles. The van der Waals surface area contributed by atoms with Crippen molar-refractivity contribution in [3.05, 3.63) is 12.2 Å². The largest absolute Gasteiger partial charge is 0.381 e. The van der Waals surface area contributed by atoms with Crippen LogP contribution in [0.5, 0.6) is 0 Å². The molecule has 0 bridgehead atoms. The van der Waals surface area contributed by atoms with Crippen molar-refractivity contribution < 1.29 is 9.53 Å². The fourth-order valence-corrected chi connectivity index (χ4v) is 1.54. The third-order valence-corrected chi connectivity index (χ3v) is 2.60. The Morgan fingerprint density at radius 2 is 2.08 bits per heavy atom. The Morgan fingerprint density at radius 3 is 2.62 bits per heavy atom. The molecule has 0 N–H and O–H groups in total. The van der Waals surface area contributed by atoms with Crippen molar-refractivity contribution in [3.8, 4) is 0 Å². The van der Waals surface area contributed by atoms with Gasteiger partial charge in [-0.15, -0.1) is 0 Å². The minimum Gasteiger partial charge on any atom is -0.381 e. The predicted octanol–water partition coefficient (Wildman–Crippen LogP) is 2.34. The van der Waals surface area contributed by atoms with Crippen molar-refractivity contribution in [2.45, 2.75) is 32.6 Å². The van der Waals surface area contributed by atoms with Gasteiger partial charge in [-0.2, -0.15) is 0 Å². The molecule has 2 heteroatoms. The van der Waals surface area contributed by atoms with Gasteiger partial charge in [0.15, 0.2) is 0 Å². The van der Waals surface area contributed by atoms with Crippen LogP contribution in [0.3, 0.4) is 0 Å². The SMILES string of the molecule is C=C(CC)CC(=O)C1CCOCC1. The summed E-state index contributed by atoms with van der Waals surface area (Å²) in [7, 11) is 0. The number of ketones is 1. The number of allylic oxidation sites excluding steroid dienone is 1. The van der Waals surface area contributed by atoms with Crippen LogP contribution >= 0.6 is 0 Å². The zero-order valence-corrected chi connectivity index (χ0v) is 8.34. The van der Waals surface area contributed by atoms with Crippen LogP contribution in [0, 0.1) is 5.92 Å². The van der Waals surface area contributed by atoms with E-state index in [1.807, 2.05) is 6.92 Å². The molecule has 1 fully saturated rings. The third-order valence-electron chi connectivity index (χ3n) is 2.60. The van der Waals surface area contributed by atoms with Gasteiger partial charge in [-0.3, -0.25) is 4.79 Å². The fraction of sp³-hybridized carbons (Fsp3) is 0.727. The normalized spacial score (nSPS) is 18.5. The Hall–Kier alpha value is -0.630. The second-order valence-corrected chi connectivity index (χ2v) is 3.63. The average Bonchev–Trinajstić information content (AvgIpc) is 2.19. The molecule has 1 aliphatic heterocycles. The number of carbonyl (C=O) groups excluding carboxylic acids is 1. The summed E-state index contributed by atoms with van der Waals surface area (Å²) >= 11 is 0. The van der Waals surface area contributed by atoms with E-state index < -0.39 is 0 Å². The number of carbonyl (C=O) groups is 1. The second kappa shape index (κ2) is 5.18. The summed E-state index contributed by atoms with van der Waals surface area (Å²) in [5.74, 6) is 0.590. The van der Waals surface area contributed by atoms with Gasteiger partial charge in [-0.1, -0.05) is 19.1 Å². The number of hydrogen-bond donors (Lipinski definition) is 0. The molecular weight excluding hydrogens is 164 g/mol. The van der Waals surface area contributed by atoms with Gasteiger partial charge >= 0.3 is 0 Å². The van der Waals surface area contributed by atoms with E-state index in [-0.39, 0.29) is 5.92 Å². The molecule has 1 aliphatic rings. The van der Waals surface area contributed by atoms with Gasteiger partial charge in [-0.25, -0.2) is 0 Å². The lowest BCUT2D eigenvalue weighted by Gasteiger charge is -2.20. The van der Waals surface area contributed by atoms with Crippen LogP contribution in [0.25, 0.3) is 0 Å². The maximum Gasteiger partial charge on any atom is 0.140 e. The van der Waals surface area contributed by atoms with Crippen molar-refractivity contribution in [1.29, 1.82) is 0 Å². The lowest BCUT2D eigenvalue weighted by Crippen LogP contribution is -2.23. The minimum absolute atomic E-state index is 0.233. The highest BCUT2D eigenvalue weighted by molar-refractivity contribution is 5.83. The summed E-state index contributed by atoms with van der Waals surface area (Å²) in [5.41, 5.74) is 1.05. The van der Waals surface area contributed by atoms with Gasteiger partial charge in [-0.05, 0) is 19.3 Å². The van der Waals surface area contributed by atoms with Crippen LogP contribution in [0.2, 0.25) is 0 Å². The van der Waals surface area contributed by atoms with Crippen molar-refractivity contribution in [3.63, 3.8) is 0 Å². The quantitative estimate of drug-likeness (QED) is 0.624. The highest BCUT2D eigenvalue weighted by Gasteiger charge is 2.21. The van der Waals surface area contributed by atoms with Gasteiger partial charge in [0.1, 0.15) is 5.78 Å². The summed E-state index contributed by atoms with van der Waals surface area (Å²) in [6.45, 7) is 7.39. The molecular formula is C11H18O2. The van der Waals surface area contributed by atoms with Crippen molar-refractivity contribution in [2.24, 2.45) is 5.92 Å². The molecule has 13 heavy (non-hydrogen) atoms. The minimum atomic E-state index is 0.233.